The van der Waals surface area contributed by atoms with Gasteiger partial charge in [-0.2, -0.15) is 0 Å². The molecule has 4 aromatic carbocycles. The van der Waals surface area contributed by atoms with Crippen molar-refractivity contribution in [2.75, 3.05) is 20.0 Å². The quantitative estimate of drug-likeness (QED) is 0.0875. The van der Waals surface area contributed by atoms with Gasteiger partial charge in [-0.25, -0.2) is 25.0 Å². The third-order valence-corrected chi connectivity index (χ3v) is 18.1. The highest BCUT2D eigenvalue weighted by Gasteiger charge is 2.60. The summed E-state index contributed by atoms with van der Waals surface area (Å²) in [4.78, 5) is 83.3. The van der Waals surface area contributed by atoms with E-state index in [1.165, 1.54) is 14.2 Å². The predicted octanol–water partition coefficient (Wildman–Crippen LogP) is 9.47. The molecule has 0 aliphatic carbocycles. The van der Waals surface area contributed by atoms with Crippen molar-refractivity contribution in [1.82, 2.24) is 8.47 Å². The zero-order chi connectivity index (χ0) is 54.8. The van der Waals surface area contributed by atoms with Crippen LogP contribution in [0.1, 0.15) is 153 Å². The molecule has 4 aliphatic rings. The SMILES string of the molecule is COC(=O)CCC(=O)OC1=C2N=C(N=c3c4ccc(C(C)(C)C)cc4c4n3[Si]1(OC(=O)CCC(=O)OC)n1c(N)c3cc(C(C)(C)C)ccc3c1/N=C1\N=C(N=4)c3ccc(C(C)(C)C)cc31)c1cc(C(C)(C)C)ccc12. The van der Waals surface area contributed by atoms with Crippen molar-refractivity contribution in [3.05, 3.63) is 134 Å². The molecule has 0 spiro atoms. The summed E-state index contributed by atoms with van der Waals surface area (Å²) in [5, 5.41) is 2.18. The lowest BCUT2D eigenvalue weighted by Gasteiger charge is -2.35. The summed E-state index contributed by atoms with van der Waals surface area (Å²) in [6.45, 7) is 25.4. The number of amidine groups is 3. The Bertz CT molecular complexity index is 3830. The highest BCUT2D eigenvalue weighted by atomic mass is 28.4. The average Bonchev–Trinajstić information content (AvgIpc) is 4.08. The van der Waals surface area contributed by atoms with Crippen LogP contribution in [0.4, 0.5) is 11.6 Å². The number of ether oxygens (including phenoxy) is 3. The molecule has 17 heteroatoms. The number of esters is 3. The first-order valence-corrected chi connectivity index (χ1v) is 27.4. The molecule has 16 nitrogen and oxygen atoms in total. The van der Waals surface area contributed by atoms with Crippen LogP contribution < -0.4 is 16.7 Å². The summed E-state index contributed by atoms with van der Waals surface area (Å²) in [5.41, 5.74) is 13.7. The number of hydrogen-bond acceptors (Lipinski definition) is 14. The maximum atomic E-state index is 15.4. The molecular weight excluding hydrogens is 977 g/mol. The van der Waals surface area contributed by atoms with Crippen LogP contribution in [0.15, 0.2) is 103 Å². The van der Waals surface area contributed by atoms with Gasteiger partial charge in [0, 0.05) is 43.8 Å². The smallest absolute Gasteiger partial charge is 0.477 e. The number of nitrogens with zero attached hydrogens (tertiary/aromatic N) is 7. The second kappa shape index (κ2) is 17.9. The first kappa shape index (κ1) is 51.7. The van der Waals surface area contributed by atoms with Crippen LogP contribution in [0.3, 0.4) is 0 Å². The number of methoxy groups -OCH3 is 2. The van der Waals surface area contributed by atoms with E-state index >= 15 is 4.79 Å². The molecule has 0 amide bonds. The van der Waals surface area contributed by atoms with Gasteiger partial charge in [-0.1, -0.05) is 132 Å². The molecule has 1 atom stereocenters. The van der Waals surface area contributed by atoms with Crippen LogP contribution in [-0.2, 0) is 59.5 Å². The first-order chi connectivity index (χ1) is 35.6. The van der Waals surface area contributed by atoms with Crippen molar-refractivity contribution in [2.45, 2.75) is 130 Å². The Labute approximate surface area is 442 Å². The Balaban J connectivity index is 1.49. The number of benzene rings is 4. The van der Waals surface area contributed by atoms with Crippen molar-refractivity contribution in [3.8, 4) is 0 Å². The van der Waals surface area contributed by atoms with Crippen LogP contribution in [0.5, 0.6) is 0 Å². The molecule has 0 saturated heterocycles. The maximum Gasteiger partial charge on any atom is 0.572 e. The Kier molecular flexibility index (Phi) is 12.2. The van der Waals surface area contributed by atoms with E-state index in [0.717, 1.165) is 22.3 Å². The highest BCUT2D eigenvalue weighted by Crippen LogP contribution is 2.47. The zero-order valence-electron chi connectivity index (χ0n) is 45.7. The van der Waals surface area contributed by atoms with E-state index in [9.17, 15) is 14.4 Å². The van der Waals surface area contributed by atoms with Gasteiger partial charge in [0.25, 0.3) is 5.97 Å². The number of anilines is 1. The number of nitrogens with two attached hydrogens (primary N) is 1. The lowest BCUT2D eigenvalue weighted by molar-refractivity contribution is -0.146. The van der Waals surface area contributed by atoms with E-state index in [1.54, 1.807) is 8.47 Å². The minimum Gasteiger partial charge on any atom is -0.477 e. The number of fused-ring (bicyclic) bond motifs is 15. The Hall–Kier alpha value is -7.79. The second-order valence-electron chi connectivity index (χ2n) is 24.0. The summed E-state index contributed by atoms with van der Waals surface area (Å²) in [5.74, 6) is -1.71. The lowest BCUT2D eigenvalue weighted by atomic mass is 9.85. The van der Waals surface area contributed by atoms with Gasteiger partial charge in [0.2, 0.25) is 5.38 Å². The second-order valence-corrected chi connectivity index (χ2v) is 26.8. The highest BCUT2D eigenvalue weighted by molar-refractivity contribution is 6.81. The fourth-order valence-electron chi connectivity index (χ4n) is 10.1. The van der Waals surface area contributed by atoms with Crippen LogP contribution in [-0.4, -0.2) is 72.7 Å². The number of aromatic nitrogens is 2. The fraction of sp³-hybridized carbons (Fsp3) is 0.373. The van der Waals surface area contributed by atoms with Gasteiger partial charge in [-0.15, -0.1) is 0 Å². The van der Waals surface area contributed by atoms with Crippen molar-refractivity contribution in [3.63, 3.8) is 0 Å². The van der Waals surface area contributed by atoms with Crippen molar-refractivity contribution in [1.29, 1.82) is 0 Å². The Morgan fingerprint density at radius 3 is 1.49 bits per heavy atom. The van der Waals surface area contributed by atoms with Gasteiger partial charge >= 0.3 is 26.5 Å². The summed E-state index contributed by atoms with van der Waals surface area (Å²) < 4.78 is 27.7. The Morgan fingerprint density at radius 1 is 0.474 bits per heavy atom. The van der Waals surface area contributed by atoms with Crippen LogP contribution >= 0.6 is 0 Å². The maximum absolute atomic E-state index is 15.4. The molecule has 10 rings (SSSR count). The van der Waals surface area contributed by atoms with Crippen LogP contribution in [0, 0.1) is 0 Å². The number of nitrogen functional groups attached to an aromatic ring is 1. The molecule has 6 heterocycles. The molecule has 2 N–H and O–H groups in total. The van der Waals surface area contributed by atoms with E-state index in [1.807, 2.05) is 54.6 Å². The molecular formula is C59H64N8O8Si. The minimum atomic E-state index is -5.30. The average molecular weight is 1040 g/mol. The summed E-state index contributed by atoms with van der Waals surface area (Å²) >= 11 is 0. The van der Waals surface area contributed by atoms with Crippen LogP contribution in [0.25, 0.3) is 27.2 Å². The molecule has 392 valence electrons. The number of rotatable bonds is 8. The van der Waals surface area contributed by atoms with Gasteiger partial charge in [0.1, 0.15) is 28.3 Å². The van der Waals surface area contributed by atoms with E-state index in [-0.39, 0.29) is 68.2 Å². The van der Waals surface area contributed by atoms with Gasteiger partial charge in [-0.05, 0) is 68.2 Å². The van der Waals surface area contributed by atoms with Crippen LogP contribution in [0.2, 0.25) is 0 Å². The molecule has 4 bridgehead atoms. The van der Waals surface area contributed by atoms with Crippen molar-refractivity contribution in [2.24, 2.45) is 25.0 Å². The van der Waals surface area contributed by atoms with Gasteiger partial charge in [-0.3, -0.25) is 27.6 Å². The van der Waals surface area contributed by atoms with Gasteiger partial charge in [0.15, 0.2) is 17.5 Å². The van der Waals surface area contributed by atoms with E-state index in [2.05, 4.69) is 101 Å². The van der Waals surface area contributed by atoms with Gasteiger partial charge < -0.3 is 24.4 Å². The third kappa shape index (κ3) is 8.57. The predicted molar refractivity (Wildman–Crippen MR) is 296 cm³/mol. The van der Waals surface area contributed by atoms with Gasteiger partial charge in [0.05, 0.1) is 39.9 Å². The molecule has 0 fully saturated rings. The lowest BCUT2D eigenvalue weighted by Crippen LogP contribution is -2.65. The molecule has 76 heavy (non-hydrogen) atoms. The first-order valence-electron chi connectivity index (χ1n) is 25.6. The zero-order valence-corrected chi connectivity index (χ0v) is 46.7. The number of carbonyl (C=O) groups is 4. The van der Waals surface area contributed by atoms with E-state index in [4.69, 9.17) is 49.3 Å². The largest absolute Gasteiger partial charge is 0.572 e. The van der Waals surface area contributed by atoms with Crippen molar-refractivity contribution < 1.29 is 37.8 Å². The molecule has 2 aromatic heterocycles. The number of aliphatic imine (C=N–C) groups is 3. The Morgan fingerprint density at radius 2 is 0.921 bits per heavy atom. The fourth-order valence-corrected chi connectivity index (χ4v) is 14.0. The number of carbonyl (C=O) groups excluding carboxylic acids is 4. The summed E-state index contributed by atoms with van der Waals surface area (Å²) in [6.07, 6.45) is -1.56. The molecule has 0 radical (unpaired) electrons. The molecule has 0 saturated carbocycles. The standard InChI is InChI=1S/C59H64N8O8Si/c1-56(2,3)31-17-21-37-39(27-31)48(60)66-52(37)65-51-41-29-33(58(7,8)9)16-20-36(41)49(62-51)63-54-42-30-34(59(10,11)12)18-22-38(42)53-64-50-40-28-32(57(4,5)6)15-19-35(40)47(61-50)55(74-45(70)25-23-43(68)72-13)76(66,67(53)54)75-46(71)26-24-44(69)73-14/h15-22,27-30H,23-26,60H2,1-14H3/b55-47?,63-54?,64-53?,65-51-. The molecule has 6 aromatic rings. The van der Waals surface area contributed by atoms with Crippen molar-refractivity contribution >= 4 is 88.9 Å². The minimum absolute atomic E-state index is 0.110. The monoisotopic (exact) mass is 1040 g/mol. The summed E-state index contributed by atoms with van der Waals surface area (Å²) in [6, 6.07) is 24.2. The third-order valence-electron chi connectivity index (χ3n) is 14.6. The molecule has 4 aliphatic heterocycles. The summed E-state index contributed by atoms with van der Waals surface area (Å²) in [7, 11) is -2.81. The normalized spacial score (nSPS) is 17.4. The van der Waals surface area contributed by atoms with E-state index in [0.29, 0.717) is 61.3 Å². The topological polar surface area (TPSA) is 203 Å². The van der Waals surface area contributed by atoms with E-state index < -0.39 is 45.4 Å². The molecule has 1 unspecified atom stereocenters. The number of hydrogen-bond donors (Lipinski definition) is 1.